The molecule has 4 aromatic rings. The molecule has 8 heteroatoms. The molecule has 0 fully saturated rings. The van der Waals surface area contributed by atoms with Crippen LogP contribution >= 0.6 is 11.3 Å². The van der Waals surface area contributed by atoms with Crippen molar-refractivity contribution in [2.75, 3.05) is 19.0 Å². The first kappa shape index (κ1) is 18.2. The quantitative estimate of drug-likeness (QED) is 0.433. The Labute approximate surface area is 167 Å². The van der Waals surface area contributed by atoms with Gasteiger partial charge in [-0.15, -0.1) is 15.3 Å². The molecule has 0 aliphatic heterocycles. The summed E-state index contributed by atoms with van der Waals surface area (Å²) in [5.74, 6) is 2.31. The molecule has 0 amide bonds. The predicted octanol–water partition coefficient (Wildman–Crippen LogP) is 4.78. The molecule has 2 heterocycles. The van der Waals surface area contributed by atoms with E-state index in [0.717, 1.165) is 52.3 Å². The topological polar surface area (TPSA) is 73.6 Å². The molecule has 0 unspecified atom stereocenters. The number of hydrogen-bond donors (Lipinski definition) is 1. The van der Waals surface area contributed by atoms with Gasteiger partial charge in [-0.3, -0.25) is 0 Å². The summed E-state index contributed by atoms with van der Waals surface area (Å²) in [6.07, 6.45) is 2.16. The number of anilines is 2. The molecule has 144 valence electrons. The average molecular weight is 395 g/mol. The summed E-state index contributed by atoms with van der Waals surface area (Å²) < 4.78 is 12.8. The molecule has 0 bridgehead atoms. The van der Waals surface area contributed by atoms with E-state index < -0.39 is 0 Å². The fourth-order valence-electron chi connectivity index (χ4n) is 2.75. The molecule has 0 saturated carbocycles. The van der Waals surface area contributed by atoms with Crippen molar-refractivity contribution >= 4 is 27.1 Å². The first-order valence-electron chi connectivity index (χ1n) is 9.14. The van der Waals surface area contributed by atoms with E-state index in [1.807, 2.05) is 48.5 Å². The summed E-state index contributed by atoms with van der Waals surface area (Å²) in [5, 5.41) is 17.2. The lowest BCUT2D eigenvalue weighted by Gasteiger charge is -2.07. The molecule has 2 aromatic carbocycles. The number of aromatic nitrogens is 4. The first-order chi connectivity index (χ1) is 13.8. The van der Waals surface area contributed by atoms with Gasteiger partial charge in [0.2, 0.25) is 10.1 Å². The highest BCUT2D eigenvalue weighted by Crippen LogP contribution is 2.30. The fourth-order valence-corrected chi connectivity index (χ4v) is 3.50. The Bertz CT molecular complexity index is 1060. The van der Waals surface area contributed by atoms with Gasteiger partial charge in [0.1, 0.15) is 11.5 Å². The summed E-state index contributed by atoms with van der Waals surface area (Å²) in [6.45, 7) is 2.88. The molecule has 0 aliphatic carbocycles. The number of rotatable bonds is 8. The average Bonchev–Trinajstić information content (AvgIpc) is 3.29. The molecular weight excluding hydrogens is 374 g/mol. The van der Waals surface area contributed by atoms with Crippen molar-refractivity contribution in [3.05, 3.63) is 48.5 Å². The smallest absolute Gasteiger partial charge is 0.236 e. The summed E-state index contributed by atoms with van der Waals surface area (Å²) in [4.78, 5) is 0.718. The largest absolute Gasteiger partial charge is 0.495 e. The highest BCUT2D eigenvalue weighted by atomic mass is 32.1. The van der Waals surface area contributed by atoms with Gasteiger partial charge in [-0.1, -0.05) is 36.8 Å². The van der Waals surface area contributed by atoms with Crippen LogP contribution in [0.15, 0.2) is 48.5 Å². The second kappa shape index (κ2) is 8.26. The van der Waals surface area contributed by atoms with E-state index in [4.69, 9.17) is 9.47 Å². The maximum Gasteiger partial charge on any atom is 0.236 e. The molecule has 4 rings (SSSR count). The summed E-state index contributed by atoms with van der Waals surface area (Å²) >= 11 is 1.43. The Morgan fingerprint density at radius 3 is 2.68 bits per heavy atom. The minimum atomic E-state index is 0.694. The maximum absolute atomic E-state index is 5.72. The molecule has 28 heavy (non-hydrogen) atoms. The van der Waals surface area contributed by atoms with Crippen LogP contribution in [-0.4, -0.2) is 33.5 Å². The van der Waals surface area contributed by atoms with E-state index >= 15 is 0 Å². The molecule has 0 radical (unpaired) electrons. The summed E-state index contributed by atoms with van der Waals surface area (Å²) in [6, 6.07) is 15.6. The van der Waals surface area contributed by atoms with E-state index in [-0.39, 0.29) is 0 Å². The number of hydrogen-bond acceptors (Lipinski definition) is 7. The number of fused-ring (bicyclic) bond motifs is 1. The van der Waals surface area contributed by atoms with Crippen LogP contribution in [0.3, 0.4) is 0 Å². The number of benzene rings is 2. The maximum atomic E-state index is 5.72. The molecule has 0 spiro atoms. The van der Waals surface area contributed by atoms with Crippen molar-refractivity contribution in [3.8, 4) is 22.9 Å². The van der Waals surface area contributed by atoms with Gasteiger partial charge in [-0.25, -0.2) is 0 Å². The second-order valence-electron chi connectivity index (χ2n) is 6.18. The molecule has 7 nitrogen and oxygen atoms in total. The van der Waals surface area contributed by atoms with Crippen LogP contribution in [0.2, 0.25) is 0 Å². The van der Waals surface area contributed by atoms with Crippen LogP contribution in [0.1, 0.15) is 19.8 Å². The number of ether oxygens (including phenoxy) is 2. The lowest BCUT2D eigenvalue weighted by molar-refractivity contribution is 0.309. The minimum absolute atomic E-state index is 0.694. The van der Waals surface area contributed by atoms with Gasteiger partial charge in [0.15, 0.2) is 5.82 Å². The van der Waals surface area contributed by atoms with Gasteiger partial charge in [-0.2, -0.15) is 4.52 Å². The lowest BCUT2D eigenvalue weighted by atomic mass is 10.2. The molecule has 0 aliphatic rings. The molecular formula is C20H21N5O2S. The van der Waals surface area contributed by atoms with E-state index in [2.05, 4.69) is 27.5 Å². The fraction of sp³-hybridized carbons (Fsp3) is 0.250. The van der Waals surface area contributed by atoms with Crippen LogP contribution in [0, 0.1) is 0 Å². The zero-order chi connectivity index (χ0) is 19.3. The van der Waals surface area contributed by atoms with Crippen molar-refractivity contribution in [2.24, 2.45) is 0 Å². The normalized spacial score (nSPS) is 10.9. The van der Waals surface area contributed by atoms with Crippen molar-refractivity contribution in [1.82, 2.24) is 19.8 Å². The van der Waals surface area contributed by atoms with Gasteiger partial charge in [-0.05, 0) is 42.8 Å². The number of unbranched alkanes of at least 4 members (excludes halogenated alkanes) is 1. The molecule has 0 saturated heterocycles. The first-order valence-corrected chi connectivity index (χ1v) is 9.95. The molecule has 1 N–H and O–H groups in total. The van der Waals surface area contributed by atoms with Crippen LogP contribution in [0.4, 0.5) is 10.8 Å². The van der Waals surface area contributed by atoms with Crippen LogP contribution in [0.25, 0.3) is 16.3 Å². The Morgan fingerprint density at radius 1 is 1.07 bits per heavy atom. The van der Waals surface area contributed by atoms with Crippen LogP contribution in [0.5, 0.6) is 11.5 Å². The van der Waals surface area contributed by atoms with Gasteiger partial charge in [0, 0.05) is 5.56 Å². The SMILES string of the molecule is CCCCOc1ccc(-c2nnc3sc(Nc4ccccc4OC)nn23)cc1. The standard InChI is InChI=1S/C20H21N5O2S/c1-3-4-13-27-15-11-9-14(10-12-15)18-22-23-20-25(18)24-19(28-20)21-16-7-5-6-8-17(16)26-2/h5-12H,3-4,13H2,1-2H3,(H,21,24). The Hall–Kier alpha value is -3.13. The second-order valence-corrected chi connectivity index (χ2v) is 7.13. The predicted molar refractivity (Wildman–Crippen MR) is 111 cm³/mol. The van der Waals surface area contributed by atoms with Gasteiger partial charge in [0.25, 0.3) is 0 Å². The van der Waals surface area contributed by atoms with Crippen LogP contribution < -0.4 is 14.8 Å². The lowest BCUT2D eigenvalue weighted by Crippen LogP contribution is -1.97. The zero-order valence-corrected chi connectivity index (χ0v) is 16.6. The number of methoxy groups -OCH3 is 1. The van der Waals surface area contributed by atoms with Crippen molar-refractivity contribution in [3.63, 3.8) is 0 Å². The molecule has 0 atom stereocenters. The Balaban J connectivity index is 1.56. The summed E-state index contributed by atoms with van der Waals surface area (Å²) in [5.41, 5.74) is 1.79. The number of nitrogens with one attached hydrogen (secondary N) is 1. The van der Waals surface area contributed by atoms with E-state index in [1.54, 1.807) is 11.6 Å². The van der Waals surface area contributed by atoms with Crippen molar-refractivity contribution < 1.29 is 9.47 Å². The Morgan fingerprint density at radius 2 is 1.89 bits per heavy atom. The Kier molecular flexibility index (Phi) is 5.38. The monoisotopic (exact) mass is 395 g/mol. The zero-order valence-electron chi connectivity index (χ0n) is 15.8. The number of nitrogens with zero attached hydrogens (tertiary/aromatic N) is 4. The highest BCUT2D eigenvalue weighted by Gasteiger charge is 2.14. The third-order valence-corrected chi connectivity index (χ3v) is 5.03. The highest BCUT2D eigenvalue weighted by molar-refractivity contribution is 7.20. The van der Waals surface area contributed by atoms with Crippen molar-refractivity contribution in [1.29, 1.82) is 0 Å². The van der Waals surface area contributed by atoms with Gasteiger partial charge < -0.3 is 14.8 Å². The summed E-state index contributed by atoms with van der Waals surface area (Å²) in [7, 11) is 1.65. The number of para-hydroxylation sites is 2. The van der Waals surface area contributed by atoms with E-state index in [1.165, 1.54) is 11.3 Å². The molecule has 2 aromatic heterocycles. The third kappa shape index (κ3) is 3.77. The van der Waals surface area contributed by atoms with Gasteiger partial charge >= 0.3 is 0 Å². The van der Waals surface area contributed by atoms with Crippen molar-refractivity contribution in [2.45, 2.75) is 19.8 Å². The van der Waals surface area contributed by atoms with E-state index in [0.29, 0.717) is 5.82 Å². The van der Waals surface area contributed by atoms with Crippen LogP contribution in [-0.2, 0) is 0 Å². The van der Waals surface area contributed by atoms with E-state index in [9.17, 15) is 0 Å². The third-order valence-electron chi connectivity index (χ3n) is 4.22. The van der Waals surface area contributed by atoms with Gasteiger partial charge in [0.05, 0.1) is 19.4 Å². The minimum Gasteiger partial charge on any atom is -0.495 e.